The zero-order chi connectivity index (χ0) is 32.5. The minimum absolute atomic E-state index is 0.0223. The predicted octanol–water partition coefficient (Wildman–Crippen LogP) is 4.08. The summed E-state index contributed by atoms with van der Waals surface area (Å²) in [4.78, 5) is 49.2. The van der Waals surface area contributed by atoms with Gasteiger partial charge in [0, 0.05) is 55.8 Å². The van der Waals surface area contributed by atoms with E-state index >= 15 is 4.39 Å². The molecule has 4 aromatic rings. The Morgan fingerprint density at radius 2 is 1.68 bits per heavy atom. The summed E-state index contributed by atoms with van der Waals surface area (Å²) in [5, 5.41) is 16.7. The number of aryl methyl sites for hydroxylation is 1. The molecule has 1 aromatic heterocycles. The van der Waals surface area contributed by atoms with E-state index < -0.39 is 34.3 Å². The third-order valence-electron chi connectivity index (χ3n) is 7.58. The van der Waals surface area contributed by atoms with Crippen LogP contribution in [0.25, 0.3) is 22.3 Å². The van der Waals surface area contributed by atoms with Gasteiger partial charge in [-0.25, -0.2) is 9.18 Å². The van der Waals surface area contributed by atoms with Crippen molar-refractivity contribution >= 4 is 29.1 Å². The molecular formula is C32H33ClFN5O5. The Kier molecular flexibility index (Phi) is 9.12. The summed E-state index contributed by atoms with van der Waals surface area (Å²) in [6.45, 7) is 5.28. The quantitative estimate of drug-likeness (QED) is 0.221. The van der Waals surface area contributed by atoms with Gasteiger partial charge in [-0.15, -0.1) is 0 Å². The lowest BCUT2D eigenvalue weighted by atomic mass is 9.92. The number of nitrogens with one attached hydrogen (secondary N) is 2. The molecule has 0 saturated carbocycles. The van der Waals surface area contributed by atoms with Gasteiger partial charge >= 0.3 is 5.69 Å². The normalized spacial score (nSPS) is 11.4. The summed E-state index contributed by atoms with van der Waals surface area (Å²) >= 11 is 6.86. The molecule has 5 N–H and O–H groups in total. The van der Waals surface area contributed by atoms with Crippen molar-refractivity contribution in [2.45, 2.75) is 27.3 Å². The first-order valence-electron chi connectivity index (χ1n) is 13.6. The molecule has 2 amide bonds. The Balaban J connectivity index is 1.65. The number of benzene rings is 3. The predicted molar refractivity (Wildman–Crippen MR) is 168 cm³/mol. The third-order valence-corrected chi connectivity index (χ3v) is 7.99. The van der Waals surface area contributed by atoms with Crippen molar-refractivity contribution in [3.63, 3.8) is 0 Å². The van der Waals surface area contributed by atoms with Crippen LogP contribution in [0.5, 0.6) is 5.75 Å². The maximum absolute atomic E-state index is 15.2. The number of hydrogen-bond donors (Lipinski definition) is 4. The number of primary amides is 1. The van der Waals surface area contributed by atoms with Gasteiger partial charge in [0.25, 0.3) is 11.5 Å². The van der Waals surface area contributed by atoms with Gasteiger partial charge in [-0.05, 0) is 55.7 Å². The number of phenolic OH excluding ortho intramolecular Hbond substituents is 1. The molecular weight excluding hydrogens is 589 g/mol. The fraction of sp³-hybridized carbons (Fsp3) is 0.250. The number of anilines is 1. The maximum atomic E-state index is 15.2. The van der Waals surface area contributed by atoms with E-state index in [4.69, 9.17) is 17.3 Å². The molecule has 0 radical (unpaired) electrons. The standard InChI is InChI=1S/C32H33ClFN5O5/c1-17-19(8-7-11-25(17)37-28(41)23-15-38(4)31(44)39(5)29(23)42)21-10-6-9-20(27(21)33)18-12-24(34)22(26(40)13-18)14-36-16-32(2,3)30(35)43/h6-13,15,36,40H,14,16H2,1-5H3,(H2,35,43)(H,37,41). The molecule has 4 rings (SSSR count). The summed E-state index contributed by atoms with van der Waals surface area (Å²) in [5.74, 6) is -2.12. The fourth-order valence-corrected chi connectivity index (χ4v) is 5.06. The van der Waals surface area contributed by atoms with E-state index in [0.29, 0.717) is 38.5 Å². The Hall–Kier alpha value is -4.74. The van der Waals surface area contributed by atoms with Gasteiger partial charge in [0.05, 0.1) is 10.4 Å². The maximum Gasteiger partial charge on any atom is 0.330 e. The van der Waals surface area contributed by atoms with Gasteiger partial charge in [0.2, 0.25) is 5.91 Å². The molecule has 12 heteroatoms. The van der Waals surface area contributed by atoms with Crippen LogP contribution in [0.3, 0.4) is 0 Å². The van der Waals surface area contributed by atoms with Gasteiger partial charge < -0.3 is 26.0 Å². The minimum Gasteiger partial charge on any atom is -0.507 e. The number of carbonyl (C=O) groups excluding carboxylic acids is 2. The number of nitrogens with two attached hydrogens (primary N) is 1. The summed E-state index contributed by atoms with van der Waals surface area (Å²) in [6, 6.07) is 13.1. The number of aromatic nitrogens is 2. The highest BCUT2D eigenvalue weighted by molar-refractivity contribution is 6.36. The summed E-state index contributed by atoms with van der Waals surface area (Å²) < 4.78 is 17.2. The van der Waals surface area contributed by atoms with Crippen LogP contribution in [0.4, 0.5) is 10.1 Å². The Bertz CT molecular complexity index is 1890. The number of rotatable bonds is 9. The lowest BCUT2D eigenvalue weighted by molar-refractivity contribution is -0.125. The highest BCUT2D eigenvalue weighted by Gasteiger charge is 2.25. The number of aromatic hydroxyl groups is 1. The average molecular weight is 622 g/mol. The zero-order valence-electron chi connectivity index (χ0n) is 24.9. The molecule has 0 aliphatic rings. The van der Waals surface area contributed by atoms with E-state index in [9.17, 15) is 24.3 Å². The summed E-state index contributed by atoms with van der Waals surface area (Å²) in [7, 11) is 2.74. The van der Waals surface area contributed by atoms with Crippen LogP contribution in [-0.4, -0.2) is 32.6 Å². The number of phenols is 1. The van der Waals surface area contributed by atoms with Crippen LogP contribution in [-0.2, 0) is 25.4 Å². The van der Waals surface area contributed by atoms with Crippen LogP contribution < -0.4 is 27.6 Å². The first-order chi connectivity index (χ1) is 20.6. The second-order valence-corrected chi connectivity index (χ2v) is 11.6. The first kappa shape index (κ1) is 32.2. The number of halogens is 2. The molecule has 3 aromatic carbocycles. The molecule has 0 unspecified atom stereocenters. The third kappa shape index (κ3) is 6.29. The van der Waals surface area contributed by atoms with E-state index in [1.54, 1.807) is 51.1 Å². The van der Waals surface area contributed by atoms with E-state index in [-0.39, 0.29) is 30.0 Å². The number of amides is 2. The highest BCUT2D eigenvalue weighted by Crippen LogP contribution is 2.40. The van der Waals surface area contributed by atoms with Crippen LogP contribution >= 0.6 is 11.6 Å². The van der Waals surface area contributed by atoms with Gasteiger partial charge in [0.1, 0.15) is 17.1 Å². The Morgan fingerprint density at radius 3 is 2.34 bits per heavy atom. The van der Waals surface area contributed by atoms with E-state index in [1.807, 2.05) is 6.07 Å². The zero-order valence-corrected chi connectivity index (χ0v) is 25.7. The molecule has 0 saturated heterocycles. The Labute approximate surface area is 257 Å². The second kappa shape index (κ2) is 12.5. The van der Waals surface area contributed by atoms with Crippen LogP contribution in [0.2, 0.25) is 5.02 Å². The van der Waals surface area contributed by atoms with Crippen molar-refractivity contribution in [3.05, 3.63) is 103 Å². The molecule has 230 valence electrons. The summed E-state index contributed by atoms with van der Waals surface area (Å²) in [5.41, 5.74) is 6.25. The van der Waals surface area contributed by atoms with Gasteiger partial charge in [-0.2, -0.15) is 0 Å². The van der Waals surface area contributed by atoms with Crippen molar-refractivity contribution in [1.29, 1.82) is 0 Å². The van der Waals surface area contributed by atoms with E-state index in [1.165, 1.54) is 32.4 Å². The van der Waals surface area contributed by atoms with Crippen molar-refractivity contribution in [1.82, 2.24) is 14.5 Å². The molecule has 0 fully saturated rings. The number of carbonyl (C=O) groups is 2. The Morgan fingerprint density at radius 1 is 1.05 bits per heavy atom. The van der Waals surface area contributed by atoms with Crippen molar-refractivity contribution in [2.75, 3.05) is 11.9 Å². The SMILES string of the molecule is Cc1c(NC(=O)c2cn(C)c(=O)n(C)c2=O)cccc1-c1cccc(-c2cc(O)c(CNCC(C)(C)C(N)=O)c(F)c2)c1Cl. The van der Waals surface area contributed by atoms with E-state index in [0.717, 1.165) is 9.13 Å². The summed E-state index contributed by atoms with van der Waals surface area (Å²) in [6.07, 6.45) is 1.19. The molecule has 1 heterocycles. The smallest absolute Gasteiger partial charge is 0.330 e. The lowest BCUT2D eigenvalue weighted by Crippen LogP contribution is -2.40. The molecule has 0 aliphatic carbocycles. The molecule has 10 nitrogen and oxygen atoms in total. The van der Waals surface area contributed by atoms with Crippen molar-refractivity contribution in [3.8, 4) is 28.0 Å². The van der Waals surface area contributed by atoms with Crippen LogP contribution in [0.15, 0.2) is 64.3 Å². The fourth-order valence-electron chi connectivity index (χ4n) is 4.72. The van der Waals surface area contributed by atoms with Gasteiger partial charge in [-0.1, -0.05) is 41.9 Å². The van der Waals surface area contributed by atoms with Crippen LogP contribution in [0, 0.1) is 18.2 Å². The van der Waals surface area contributed by atoms with Gasteiger partial charge in [0.15, 0.2) is 0 Å². The number of nitrogens with zero attached hydrogens (tertiary/aromatic N) is 2. The minimum atomic E-state index is -0.851. The average Bonchev–Trinajstić information content (AvgIpc) is 2.96. The topological polar surface area (TPSA) is 148 Å². The number of hydrogen-bond acceptors (Lipinski definition) is 6. The molecule has 44 heavy (non-hydrogen) atoms. The first-order valence-corrected chi connectivity index (χ1v) is 14.0. The largest absolute Gasteiger partial charge is 0.507 e. The van der Waals surface area contributed by atoms with Crippen LogP contribution in [0.1, 0.15) is 35.3 Å². The molecule has 0 aliphatic heterocycles. The van der Waals surface area contributed by atoms with Crippen molar-refractivity contribution in [2.24, 2.45) is 25.2 Å². The second-order valence-electron chi connectivity index (χ2n) is 11.2. The monoisotopic (exact) mass is 621 g/mol. The van der Waals surface area contributed by atoms with Crippen molar-refractivity contribution < 1.29 is 19.1 Å². The van der Waals surface area contributed by atoms with E-state index in [2.05, 4.69) is 10.6 Å². The highest BCUT2D eigenvalue weighted by atomic mass is 35.5. The molecule has 0 atom stereocenters. The molecule has 0 spiro atoms. The molecule has 0 bridgehead atoms. The van der Waals surface area contributed by atoms with Gasteiger partial charge in [-0.3, -0.25) is 19.0 Å². The lowest BCUT2D eigenvalue weighted by Gasteiger charge is -2.21.